The van der Waals surface area contributed by atoms with Gasteiger partial charge in [-0.15, -0.1) is 11.3 Å². The number of rotatable bonds is 3. The van der Waals surface area contributed by atoms with E-state index in [4.69, 9.17) is 0 Å². The quantitative estimate of drug-likeness (QED) is 0.814. The van der Waals surface area contributed by atoms with Crippen LogP contribution in [-0.4, -0.2) is 31.6 Å². The number of nitrogens with zero attached hydrogens (tertiary/aromatic N) is 1. The van der Waals surface area contributed by atoms with E-state index in [1.807, 2.05) is 24.8 Å². The highest BCUT2D eigenvalue weighted by Gasteiger charge is 2.29. The van der Waals surface area contributed by atoms with Crippen molar-refractivity contribution in [3.8, 4) is 0 Å². The van der Waals surface area contributed by atoms with Crippen molar-refractivity contribution in [2.45, 2.75) is 29.7 Å². The molecule has 1 aromatic heterocycles. The summed E-state index contributed by atoms with van der Waals surface area (Å²) in [7, 11) is -3.34. The van der Waals surface area contributed by atoms with Crippen LogP contribution in [0.3, 0.4) is 0 Å². The van der Waals surface area contributed by atoms with E-state index in [1.54, 1.807) is 10.4 Å². The summed E-state index contributed by atoms with van der Waals surface area (Å²) in [6.07, 6.45) is 0.860. The van der Waals surface area contributed by atoms with Crippen molar-refractivity contribution in [1.82, 2.24) is 4.31 Å². The second-order valence-electron chi connectivity index (χ2n) is 5.77. The topological polar surface area (TPSA) is 37.4 Å². The molecule has 0 spiro atoms. The molecule has 0 radical (unpaired) electrons. The molecular formula is C17H21NO2S3. The molecule has 0 N–H and O–H groups in total. The van der Waals surface area contributed by atoms with Crippen molar-refractivity contribution < 1.29 is 8.42 Å². The van der Waals surface area contributed by atoms with E-state index in [0.29, 0.717) is 22.5 Å². The monoisotopic (exact) mass is 367 g/mol. The summed E-state index contributed by atoms with van der Waals surface area (Å²) >= 11 is 3.23. The van der Waals surface area contributed by atoms with Crippen LogP contribution in [0.5, 0.6) is 0 Å². The zero-order valence-electron chi connectivity index (χ0n) is 13.4. The van der Waals surface area contributed by atoms with E-state index >= 15 is 0 Å². The normalized spacial score (nSPS) is 20.3. The van der Waals surface area contributed by atoms with Gasteiger partial charge in [-0.25, -0.2) is 8.42 Å². The van der Waals surface area contributed by atoms with Gasteiger partial charge in [0.25, 0.3) is 10.0 Å². The molecule has 2 heterocycles. The van der Waals surface area contributed by atoms with Crippen LogP contribution in [0, 0.1) is 13.8 Å². The molecule has 6 heteroatoms. The van der Waals surface area contributed by atoms with Crippen LogP contribution in [-0.2, 0) is 10.0 Å². The molecule has 0 amide bonds. The maximum Gasteiger partial charge on any atom is 0.252 e. The Morgan fingerprint density at radius 3 is 2.57 bits per heavy atom. The fourth-order valence-corrected chi connectivity index (χ4v) is 7.20. The van der Waals surface area contributed by atoms with Gasteiger partial charge in [-0.2, -0.15) is 16.1 Å². The number of benzene rings is 1. The van der Waals surface area contributed by atoms with Crippen molar-refractivity contribution in [2.75, 3.05) is 18.8 Å². The number of aryl methyl sites for hydroxylation is 2. The average Bonchev–Trinajstić information content (AvgIpc) is 2.82. The van der Waals surface area contributed by atoms with Gasteiger partial charge >= 0.3 is 0 Å². The molecule has 1 aliphatic rings. The second-order valence-corrected chi connectivity index (χ2v) is 10.5. The van der Waals surface area contributed by atoms with Gasteiger partial charge < -0.3 is 0 Å². The minimum absolute atomic E-state index is 0.376. The maximum absolute atomic E-state index is 12.8. The smallest absolute Gasteiger partial charge is 0.206 e. The van der Waals surface area contributed by atoms with Gasteiger partial charge in [0.2, 0.25) is 0 Å². The van der Waals surface area contributed by atoms with Gasteiger partial charge in [-0.1, -0.05) is 24.3 Å². The Bertz CT molecular complexity index is 783. The summed E-state index contributed by atoms with van der Waals surface area (Å²) in [5.41, 5.74) is 2.62. The molecule has 0 aliphatic carbocycles. The molecule has 1 saturated heterocycles. The van der Waals surface area contributed by atoms with Crippen LogP contribution < -0.4 is 0 Å². The summed E-state index contributed by atoms with van der Waals surface area (Å²) in [4.78, 5) is 1.03. The standard InChI is InChI=1S/C17H21NO2S3/c1-13-5-3-4-6-15(13)16-9-10-18(11-12-21-16)23(19,20)17-8-7-14(2)22-17/h3-8,16H,9-12H2,1-2H3/t16-/m0/s1. The van der Waals surface area contributed by atoms with E-state index in [-0.39, 0.29) is 0 Å². The molecular weight excluding hydrogens is 346 g/mol. The minimum Gasteiger partial charge on any atom is -0.206 e. The van der Waals surface area contributed by atoms with E-state index in [2.05, 4.69) is 31.2 Å². The Labute approximate surface area is 146 Å². The third-order valence-corrected chi connectivity index (χ3v) is 8.82. The summed E-state index contributed by atoms with van der Waals surface area (Å²) in [6.45, 7) is 5.25. The Morgan fingerprint density at radius 2 is 1.87 bits per heavy atom. The highest BCUT2D eigenvalue weighted by atomic mass is 32.2. The highest BCUT2D eigenvalue weighted by molar-refractivity contribution is 7.99. The molecule has 124 valence electrons. The van der Waals surface area contributed by atoms with E-state index in [1.165, 1.54) is 22.5 Å². The number of hydrogen-bond acceptors (Lipinski definition) is 4. The molecule has 2 aromatic rings. The molecule has 1 aliphatic heterocycles. The SMILES string of the molecule is Cc1ccc(S(=O)(=O)N2CCS[C@H](c3ccccc3C)CC2)s1. The van der Waals surface area contributed by atoms with Gasteiger partial charge in [-0.05, 0) is 43.5 Å². The number of hydrogen-bond donors (Lipinski definition) is 0. The molecule has 1 aromatic carbocycles. The van der Waals surface area contributed by atoms with Gasteiger partial charge in [0, 0.05) is 29.0 Å². The van der Waals surface area contributed by atoms with Gasteiger partial charge in [0.05, 0.1) is 0 Å². The predicted molar refractivity (Wildman–Crippen MR) is 98.8 cm³/mol. The molecule has 3 nitrogen and oxygen atoms in total. The summed E-state index contributed by atoms with van der Waals surface area (Å²) in [5, 5.41) is 0.376. The zero-order chi connectivity index (χ0) is 16.4. The highest BCUT2D eigenvalue weighted by Crippen LogP contribution is 2.37. The first kappa shape index (κ1) is 17.0. The zero-order valence-corrected chi connectivity index (χ0v) is 15.8. The van der Waals surface area contributed by atoms with Gasteiger partial charge in [-0.3, -0.25) is 0 Å². The Kier molecular flexibility index (Phi) is 5.16. The number of thioether (sulfide) groups is 1. The summed E-state index contributed by atoms with van der Waals surface area (Å²) < 4.78 is 27.7. The molecule has 0 unspecified atom stereocenters. The summed E-state index contributed by atoms with van der Waals surface area (Å²) in [5.74, 6) is 0.836. The largest absolute Gasteiger partial charge is 0.252 e. The third kappa shape index (κ3) is 3.65. The fourth-order valence-electron chi connectivity index (χ4n) is 2.86. The lowest BCUT2D eigenvalue weighted by Crippen LogP contribution is -2.32. The van der Waals surface area contributed by atoms with Crippen LogP contribution in [0.25, 0.3) is 0 Å². The van der Waals surface area contributed by atoms with E-state index in [9.17, 15) is 8.42 Å². The molecule has 1 fully saturated rings. The summed E-state index contributed by atoms with van der Waals surface area (Å²) in [6, 6.07) is 12.0. The first-order chi connectivity index (χ1) is 11.0. The lowest BCUT2D eigenvalue weighted by Gasteiger charge is -2.19. The second kappa shape index (κ2) is 6.97. The Balaban J connectivity index is 1.78. The van der Waals surface area contributed by atoms with Crippen molar-refractivity contribution in [2.24, 2.45) is 0 Å². The molecule has 3 rings (SSSR count). The van der Waals surface area contributed by atoms with Crippen LogP contribution in [0.2, 0.25) is 0 Å². The van der Waals surface area contributed by atoms with Crippen molar-refractivity contribution >= 4 is 33.1 Å². The average molecular weight is 368 g/mol. The predicted octanol–water partition coefficient (Wildman–Crippen LogP) is 4.23. The van der Waals surface area contributed by atoms with Crippen LogP contribution in [0.15, 0.2) is 40.6 Å². The molecule has 0 saturated carbocycles. The Hall–Kier alpha value is -0.820. The lowest BCUT2D eigenvalue weighted by molar-refractivity contribution is 0.429. The lowest BCUT2D eigenvalue weighted by atomic mass is 10.0. The van der Waals surface area contributed by atoms with Crippen LogP contribution >= 0.6 is 23.1 Å². The minimum atomic E-state index is -3.34. The van der Waals surface area contributed by atoms with Crippen LogP contribution in [0.1, 0.15) is 27.7 Å². The van der Waals surface area contributed by atoms with Crippen molar-refractivity contribution in [1.29, 1.82) is 0 Å². The van der Waals surface area contributed by atoms with Crippen LogP contribution in [0.4, 0.5) is 0 Å². The molecule has 1 atom stereocenters. The van der Waals surface area contributed by atoms with Crippen molar-refractivity contribution in [3.63, 3.8) is 0 Å². The third-order valence-electron chi connectivity index (χ3n) is 4.15. The molecule has 23 heavy (non-hydrogen) atoms. The van der Waals surface area contributed by atoms with Gasteiger partial charge in [0.15, 0.2) is 0 Å². The molecule has 0 bridgehead atoms. The van der Waals surface area contributed by atoms with Crippen molar-refractivity contribution in [3.05, 3.63) is 52.4 Å². The fraction of sp³-hybridized carbons (Fsp3) is 0.412. The first-order valence-electron chi connectivity index (χ1n) is 7.72. The maximum atomic E-state index is 12.8. The number of sulfonamides is 1. The Morgan fingerprint density at radius 1 is 1.09 bits per heavy atom. The van der Waals surface area contributed by atoms with E-state index < -0.39 is 10.0 Å². The van der Waals surface area contributed by atoms with Gasteiger partial charge in [0.1, 0.15) is 4.21 Å². The number of thiophene rings is 1. The van der Waals surface area contributed by atoms with E-state index in [0.717, 1.165) is 17.1 Å². The first-order valence-corrected chi connectivity index (χ1v) is 11.0.